The molecule has 0 saturated heterocycles. The van der Waals surface area contributed by atoms with E-state index in [-0.39, 0.29) is 6.42 Å². The number of benzene rings is 1. The fraction of sp³-hybridized carbons (Fsp3) is 0.667. The third-order valence-electron chi connectivity index (χ3n) is 7.07. The molecule has 1 amide bonds. The zero-order valence-corrected chi connectivity index (χ0v) is 16.0. The Hall–Kier alpha value is -1.85. The van der Waals surface area contributed by atoms with Crippen LogP contribution in [0.3, 0.4) is 0 Å². The molecule has 2 aliphatic carbocycles. The van der Waals surface area contributed by atoms with Crippen LogP contribution in [0.4, 0.5) is 20.2 Å². The molecule has 27 heavy (non-hydrogen) atoms. The zero-order valence-electron chi connectivity index (χ0n) is 16.0. The molecule has 2 N–H and O–H groups in total. The van der Waals surface area contributed by atoms with Gasteiger partial charge in [-0.15, -0.1) is 0 Å². The Morgan fingerprint density at radius 2 is 2.15 bits per heavy atom. The second-order valence-corrected chi connectivity index (χ2v) is 8.56. The number of fused-ring (bicyclic) bond motifs is 1. The van der Waals surface area contributed by atoms with Gasteiger partial charge in [0.15, 0.2) is 6.04 Å². The summed E-state index contributed by atoms with van der Waals surface area (Å²) in [6.07, 6.45) is 6.09. The van der Waals surface area contributed by atoms with Gasteiger partial charge in [0.2, 0.25) is 0 Å². The Balaban J connectivity index is 1.35. The van der Waals surface area contributed by atoms with Crippen LogP contribution in [0.2, 0.25) is 0 Å². The van der Waals surface area contributed by atoms with E-state index >= 15 is 0 Å². The highest BCUT2D eigenvalue weighted by atomic mass is 19.3. The Morgan fingerprint density at radius 1 is 1.33 bits per heavy atom. The standard InChI is InChI=1S/C21H28F2N2O2/c1-13-5-3-9-20(13)12-14(20)6-4-10-21(22,23)18-19(26)25-17-11-15(27-2)7-8-16(17)24-18/h7-8,11,13-14,18,24H,3-6,9-10,12H2,1-2H3,(H,25,26). The number of rotatable bonds is 6. The van der Waals surface area contributed by atoms with Crippen molar-refractivity contribution in [2.75, 3.05) is 17.7 Å². The predicted molar refractivity (Wildman–Crippen MR) is 101 cm³/mol. The highest BCUT2D eigenvalue weighted by Gasteiger charge is 2.58. The van der Waals surface area contributed by atoms with Crippen LogP contribution in [0, 0.1) is 17.3 Å². The van der Waals surface area contributed by atoms with Gasteiger partial charge in [-0.1, -0.05) is 19.8 Å². The SMILES string of the molecule is COc1ccc2c(c1)NC(=O)C(C(F)(F)CCCC1CC13CCCC3C)N2. The summed E-state index contributed by atoms with van der Waals surface area (Å²) < 4.78 is 34.6. The highest BCUT2D eigenvalue weighted by Crippen LogP contribution is 2.67. The Morgan fingerprint density at radius 3 is 2.85 bits per heavy atom. The maximum atomic E-state index is 14.8. The van der Waals surface area contributed by atoms with E-state index in [0.29, 0.717) is 34.9 Å². The number of hydrogen-bond donors (Lipinski definition) is 2. The predicted octanol–water partition coefficient (Wildman–Crippen LogP) is 5.06. The molecule has 2 fully saturated rings. The lowest BCUT2D eigenvalue weighted by Crippen LogP contribution is -2.51. The molecule has 2 saturated carbocycles. The van der Waals surface area contributed by atoms with Crippen molar-refractivity contribution in [1.82, 2.24) is 0 Å². The quantitative estimate of drug-likeness (QED) is 0.727. The summed E-state index contributed by atoms with van der Waals surface area (Å²) in [5.74, 6) is -1.85. The second kappa shape index (κ2) is 6.64. The fourth-order valence-electron chi connectivity index (χ4n) is 5.30. The van der Waals surface area contributed by atoms with Crippen LogP contribution in [-0.2, 0) is 4.79 Å². The molecule has 1 aliphatic heterocycles. The van der Waals surface area contributed by atoms with E-state index in [1.807, 2.05) is 0 Å². The largest absolute Gasteiger partial charge is 0.497 e. The van der Waals surface area contributed by atoms with Gasteiger partial charge in [0.1, 0.15) is 5.75 Å². The number of nitrogens with one attached hydrogen (secondary N) is 2. The highest BCUT2D eigenvalue weighted by molar-refractivity contribution is 6.03. The number of methoxy groups -OCH3 is 1. The Labute approximate surface area is 159 Å². The molecule has 1 aromatic rings. The fourth-order valence-corrected chi connectivity index (χ4v) is 5.30. The van der Waals surface area contributed by atoms with Crippen molar-refractivity contribution in [3.8, 4) is 5.75 Å². The number of ether oxygens (including phenoxy) is 1. The van der Waals surface area contributed by atoms with Crippen molar-refractivity contribution in [3.63, 3.8) is 0 Å². The van der Waals surface area contributed by atoms with E-state index in [9.17, 15) is 13.6 Å². The molecule has 4 rings (SSSR count). The van der Waals surface area contributed by atoms with Gasteiger partial charge in [0.05, 0.1) is 18.5 Å². The van der Waals surface area contributed by atoms with Gasteiger partial charge in [-0.3, -0.25) is 4.79 Å². The summed E-state index contributed by atoms with van der Waals surface area (Å²) in [7, 11) is 1.52. The van der Waals surface area contributed by atoms with Crippen LogP contribution in [0.25, 0.3) is 0 Å². The minimum atomic E-state index is -3.08. The molecule has 0 aromatic heterocycles. The van der Waals surface area contributed by atoms with Crippen LogP contribution < -0.4 is 15.4 Å². The molecule has 3 aliphatic rings. The minimum absolute atomic E-state index is 0.259. The molecule has 0 radical (unpaired) electrons. The number of alkyl halides is 2. The van der Waals surface area contributed by atoms with Crippen LogP contribution in [-0.4, -0.2) is 25.0 Å². The maximum Gasteiger partial charge on any atom is 0.276 e. The number of anilines is 2. The van der Waals surface area contributed by atoms with Gasteiger partial charge in [0.25, 0.3) is 11.8 Å². The molecule has 1 heterocycles. The summed E-state index contributed by atoms with van der Waals surface area (Å²) in [4.78, 5) is 12.3. The van der Waals surface area contributed by atoms with Crippen LogP contribution >= 0.6 is 0 Å². The normalized spacial score (nSPS) is 32.0. The van der Waals surface area contributed by atoms with Crippen molar-refractivity contribution in [2.24, 2.45) is 17.3 Å². The first-order chi connectivity index (χ1) is 12.9. The molecular formula is C21H28F2N2O2. The average molecular weight is 378 g/mol. The van der Waals surface area contributed by atoms with Crippen LogP contribution in [0.15, 0.2) is 18.2 Å². The van der Waals surface area contributed by atoms with Gasteiger partial charge in [-0.25, -0.2) is 8.78 Å². The Bertz CT molecular complexity index is 739. The summed E-state index contributed by atoms with van der Waals surface area (Å²) in [5.41, 5.74) is 1.43. The van der Waals surface area contributed by atoms with Crippen molar-refractivity contribution < 1.29 is 18.3 Å². The van der Waals surface area contributed by atoms with Gasteiger partial charge < -0.3 is 15.4 Å². The number of hydrogen-bond acceptors (Lipinski definition) is 3. The third kappa shape index (κ3) is 3.27. The van der Waals surface area contributed by atoms with Gasteiger partial charge in [-0.2, -0.15) is 0 Å². The Kier molecular flexibility index (Phi) is 4.55. The molecule has 4 atom stereocenters. The zero-order chi connectivity index (χ0) is 19.2. The second-order valence-electron chi connectivity index (χ2n) is 8.56. The van der Waals surface area contributed by atoms with Crippen molar-refractivity contribution in [3.05, 3.63) is 18.2 Å². The average Bonchev–Trinajstić information content (AvgIpc) is 3.21. The summed E-state index contributed by atoms with van der Waals surface area (Å²) >= 11 is 0. The first kappa shape index (κ1) is 18.5. The summed E-state index contributed by atoms with van der Waals surface area (Å²) in [6.45, 7) is 2.31. The van der Waals surface area contributed by atoms with Crippen molar-refractivity contribution >= 4 is 17.3 Å². The molecule has 0 bridgehead atoms. The molecule has 1 aromatic carbocycles. The van der Waals surface area contributed by atoms with Crippen molar-refractivity contribution in [1.29, 1.82) is 0 Å². The molecule has 148 valence electrons. The van der Waals surface area contributed by atoms with Crippen molar-refractivity contribution in [2.45, 2.75) is 63.8 Å². The van der Waals surface area contributed by atoms with E-state index in [1.165, 1.54) is 32.8 Å². The lowest BCUT2D eigenvalue weighted by Gasteiger charge is -2.32. The smallest absolute Gasteiger partial charge is 0.276 e. The first-order valence-electron chi connectivity index (χ1n) is 9.99. The van der Waals surface area contributed by atoms with E-state index in [2.05, 4.69) is 17.6 Å². The summed E-state index contributed by atoms with van der Waals surface area (Å²) in [5, 5.41) is 5.32. The van der Waals surface area contributed by atoms with Gasteiger partial charge >= 0.3 is 0 Å². The van der Waals surface area contributed by atoms with Crippen LogP contribution in [0.1, 0.15) is 51.9 Å². The lowest BCUT2D eigenvalue weighted by molar-refractivity contribution is -0.126. The number of carbonyl (C=O) groups is 1. The summed E-state index contributed by atoms with van der Waals surface area (Å²) in [6, 6.07) is 3.45. The molecular weight excluding hydrogens is 350 g/mol. The molecule has 6 heteroatoms. The number of halogens is 2. The van der Waals surface area contributed by atoms with Gasteiger partial charge in [0, 0.05) is 12.5 Å². The molecule has 4 unspecified atom stereocenters. The van der Waals surface area contributed by atoms with E-state index < -0.39 is 17.9 Å². The monoisotopic (exact) mass is 378 g/mol. The maximum absolute atomic E-state index is 14.8. The topological polar surface area (TPSA) is 50.4 Å². The lowest BCUT2D eigenvalue weighted by atomic mass is 9.90. The van der Waals surface area contributed by atoms with E-state index in [1.54, 1.807) is 18.2 Å². The van der Waals surface area contributed by atoms with Crippen LogP contribution in [0.5, 0.6) is 5.75 Å². The molecule has 1 spiro atoms. The van der Waals surface area contributed by atoms with Gasteiger partial charge in [-0.05, 0) is 55.1 Å². The van der Waals surface area contributed by atoms with E-state index in [4.69, 9.17) is 4.74 Å². The van der Waals surface area contributed by atoms with E-state index in [0.717, 1.165) is 12.3 Å². The molecule has 4 nitrogen and oxygen atoms in total. The minimum Gasteiger partial charge on any atom is -0.497 e. The number of amides is 1. The first-order valence-corrected chi connectivity index (χ1v) is 9.99. The number of carbonyl (C=O) groups excluding carboxylic acids is 1. The third-order valence-corrected chi connectivity index (χ3v) is 7.07.